The van der Waals surface area contributed by atoms with Gasteiger partial charge >= 0.3 is 0 Å². The van der Waals surface area contributed by atoms with E-state index in [-0.39, 0.29) is 16.1 Å². The molecular formula is C22H25Cl3N2O4S. The van der Waals surface area contributed by atoms with Crippen molar-refractivity contribution in [1.29, 1.82) is 0 Å². The minimum Gasteiger partial charge on any atom is -0.495 e. The number of carbonyl (C=O) groups excluding carboxylic acids is 1. The maximum absolute atomic E-state index is 12.8. The molecule has 2 aromatic rings. The van der Waals surface area contributed by atoms with E-state index < -0.39 is 25.7 Å². The summed E-state index contributed by atoms with van der Waals surface area (Å²) in [6.07, 6.45) is -1.15. The predicted molar refractivity (Wildman–Crippen MR) is 131 cm³/mol. The first kappa shape index (κ1) is 26.3. The zero-order chi connectivity index (χ0) is 24.3. The van der Waals surface area contributed by atoms with Gasteiger partial charge in [0.2, 0.25) is 3.79 Å². The second-order valence-electron chi connectivity index (χ2n) is 7.99. The highest BCUT2D eigenvalue weighted by atomic mass is 35.6. The van der Waals surface area contributed by atoms with Crippen LogP contribution in [0, 0.1) is 0 Å². The number of nitrogens with one attached hydrogen (secondary N) is 2. The lowest BCUT2D eigenvalue weighted by molar-refractivity contribution is 0.0941. The molecule has 174 valence electrons. The molecule has 0 fully saturated rings. The number of carbonyl (C=O) groups is 1. The topological polar surface area (TPSA) is 84.5 Å². The molecule has 0 aliphatic rings. The van der Waals surface area contributed by atoms with Gasteiger partial charge in [0, 0.05) is 17.0 Å². The van der Waals surface area contributed by atoms with Gasteiger partial charge in [0.15, 0.2) is 9.84 Å². The molecule has 10 heteroatoms. The first-order chi connectivity index (χ1) is 14.7. The van der Waals surface area contributed by atoms with Crippen molar-refractivity contribution in [2.24, 2.45) is 0 Å². The van der Waals surface area contributed by atoms with Crippen LogP contribution >= 0.6 is 34.8 Å². The Balaban J connectivity index is 2.30. The third-order valence-corrected chi connectivity index (χ3v) is 6.64. The number of sulfone groups is 1. The van der Waals surface area contributed by atoms with Gasteiger partial charge in [-0.15, -0.1) is 0 Å². The van der Waals surface area contributed by atoms with Crippen molar-refractivity contribution in [3.63, 3.8) is 0 Å². The Morgan fingerprint density at radius 1 is 1.09 bits per heavy atom. The summed E-state index contributed by atoms with van der Waals surface area (Å²) in [6, 6.07) is 11.2. The molecule has 0 spiro atoms. The molecule has 2 aromatic carbocycles. The van der Waals surface area contributed by atoms with Gasteiger partial charge in [0.1, 0.15) is 11.9 Å². The Labute approximate surface area is 203 Å². The number of halogens is 3. The van der Waals surface area contributed by atoms with E-state index in [0.29, 0.717) is 11.3 Å². The van der Waals surface area contributed by atoms with Crippen LogP contribution in [0.25, 0.3) is 0 Å². The van der Waals surface area contributed by atoms with Crippen LogP contribution in [0.1, 0.15) is 36.7 Å². The Morgan fingerprint density at radius 2 is 1.69 bits per heavy atom. The van der Waals surface area contributed by atoms with Gasteiger partial charge in [0.25, 0.3) is 5.91 Å². The fraction of sp³-hybridized carbons (Fsp3) is 0.318. The van der Waals surface area contributed by atoms with Gasteiger partial charge < -0.3 is 15.4 Å². The number of anilines is 1. The zero-order valence-corrected chi connectivity index (χ0v) is 21.2. The van der Waals surface area contributed by atoms with Gasteiger partial charge in [0.05, 0.1) is 17.7 Å². The van der Waals surface area contributed by atoms with E-state index in [9.17, 15) is 13.2 Å². The quantitative estimate of drug-likeness (QED) is 0.375. The molecule has 0 aliphatic heterocycles. The smallest absolute Gasteiger partial charge is 0.252 e. The number of hydrogen-bond acceptors (Lipinski definition) is 5. The minimum absolute atomic E-state index is 0.0108. The molecule has 0 aliphatic carbocycles. The van der Waals surface area contributed by atoms with E-state index in [1.54, 1.807) is 12.1 Å². The SMILES string of the molecule is C=CS(=O)(=O)c1ccc(N[C@H](NC(=O)c2ccc(C(C)(C)C)cc2)C(Cl)(Cl)Cl)c(OC)c1. The van der Waals surface area contributed by atoms with Crippen molar-refractivity contribution in [3.05, 3.63) is 65.6 Å². The molecular weight excluding hydrogens is 495 g/mol. The molecule has 0 saturated carbocycles. The van der Waals surface area contributed by atoms with E-state index in [4.69, 9.17) is 39.5 Å². The molecule has 32 heavy (non-hydrogen) atoms. The highest BCUT2D eigenvalue weighted by Crippen LogP contribution is 2.35. The molecule has 6 nitrogen and oxygen atoms in total. The number of amides is 1. The van der Waals surface area contributed by atoms with Crippen molar-refractivity contribution in [1.82, 2.24) is 5.32 Å². The fourth-order valence-corrected chi connectivity index (χ4v) is 3.80. The van der Waals surface area contributed by atoms with E-state index in [1.165, 1.54) is 25.3 Å². The lowest BCUT2D eigenvalue weighted by atomic mass is 9.87. The van der Waals surface area contributed by atoms with Crippen LogP contribution in [0.3, 0.4) is 0 Å². The average molecular weight is 520 g/mol. The van der Waals surface area contributed by atoms with Crippen LogP contribution in [0.2, 0.25) is 0 Å². The lowest BCUT2D eigenvalue weighted by Crippen LogP contribution is -2.49. The molecule has 0 saturated heterocycles. The van der Waals surface area contributed by atoms with Crippen molar-refractivity contribution in [2.45, 2.75) is 41.0 Å². The number of ether oxygens (including phenoxy) is 1. The summed E-state index contributed by atoms with van der Waals surface area (Å²) >= 11 is 18.3. The Hall–Kier alpha value is -1.93. The highest BCUT2D eigenvalue weighted by molar-refractivity contribution is 7.94. The molecule has 1 atom stereocenters. The summed E-state index contributed by atoms with van der Waals surface area (Å²) < 4.78 is 27.4. The highest BCUT2D eigenvalue weighted by Gasteiger charge is 2.35. The van der Waals surface area contributed by atoms with E-state index in [2.05, 4.69) is 38.0 Å². The van der Waals surface area contributed by atoms with Crippen LogP contribution in [-0.2, 0) is 15.3 Å². The molecule has 0 heterocycles. The predicted octanol–water partition coefficient (Wildman–Crippen LogP) is 5.45. The van der Waals surface area contributed by atoms with Crippen LogP contribution in [0.4, 0.5) is 5.69 Å². The van der Waals surface area contributed by atoms with E-state index in [1.807, 2.05) is 12.1 Å². The largest absolute Gasteiger partial charge is 0.495 e. The molecule has 0 bridgehead atoms. The van der Waals surface area contributed by atoms with Crippen LogP contribution < -0.4 is 15.4 Å². The first-order valence-corrected chi connectivity index (χ1v) is 12.2. The van der Waals surface area contributed by atoms with Crippen LogP contribution in [0.5, 0.6) is 5.75 Å². The summed E-state index contributed by atoms with van der Waals surface area (Å²) in [6.45, 7) is 9.52. The second kappa shape index (κ2) is 9.91. The van der Waals surface area contributed by atoms with Gasteiger partial charge in [-0.05, 0) is 35.2 Å². The maximum atomic E-state index is 12.8. The molecule has 2 rings (SSSR count). The van der Waals surface area contributed by atoms with Crippen molar-refractivity contribution in [3.8, 4) is 5.75 Å². The Morgan fingerprint density at radius 3 is 2.16 bits per heavy atom. The molecule has 0 aromatic heterocycles. The maximum Gasteiger partial charge on any atom is 0.252 e. The number of rotatable bonds is 7. The normalized spacial score (nSPS) is 13.2. The minimum atomic E-state index is -3.67. The van der Waals surface area contributed by atoms with E-state index in [0.717, 1.165) is 11.0 Å². The van der Waals surface area contributed by atoms with Gasteiger partial charge in [-0.2, -0.15) is 0 Å². The fourth-order valence-electron chi connectivity index (χ4n) is 2.76. The first-order valence-electron chi connectivity index (χ1n) is 9.49. The summed E-state index contributed by atoms with van der Waals surface area (Å²) in [5.41, 5.74) is 1.72. The van der Waals surface area contributed by atoms with E-state index >= 15 is 0 Å². The molecule has 0 unspecified atom stereocenters. The third kappa shape index (κ3) is 6.54. The number of hydrogen-bond donors (Lipinski definition) is 2. The summed E-state index contributed by atoms with van der Waals surface area (Å²) in [4.78, 5) is 12.8. The summed E-state index contributed by atoms with van der Waals surface area (Å²) in [7, 11) is -2.30. The Kier molecular flexibility index (Phi) is 8.15. The van der Waals surface area contributed by atoms with Gasteiger partial charge in [-0.25, -0.2) is 8.42 Å². The summed E-state index contributed by atoms with van der Waals surface area (Å²) in [5, 5.41) is 6.39. The lowest BCUT2D eigenvalue weighted by Gasteiger charge is -2.28. The second-order valence-corrected chi connectivity index (χ2v) is 12.3. The molecule has 1 amide bonds. The molecule has 0 radical (unpaired) electrons. The Bertz CT molecular complexity index is 1090. The van der Waals surface area contributed by atoms with Crippen molar-refractivity contribution >= 4 is 56.2 Å². The van der Waals surface area contributed by atoms with Gasteiger partial charge in [-0.1, -0.05) is 74.3 Å². The third-order valence-electron chi connectivity index (χ3n) is 4.64. The van der Waals surface area contributed by atoms with Crippen molar-refractivity contribution in [2.75, 3.05) is 12.4 Å². The number of benzene rings is 2. The monoisotopic (exact) mass is 518 g/mol. The van der Waals surface area contributed by atoms with Gasteiger partial charge in [-0.3, -0.25) is 4.79 Å². The number of alkyl halides is 3. The van der Waals surface area contributed by atoms with Crippen LogP contribution in [-0.4, -0.2) is 31.4 Å². The average Bonchev–Trinajstić information content (AvgIpc) is 2.72. The zero-order valence-electron chi connectivity index (χ0n) is 18.1. The molecule has 2 N–H and O–H groups in total. The van der Waals surface area contributed by atoms with Crippen LogP contribution in [0.15, 0.2) is 59.3 Å². The summed E-state index contributed by atoms with van der Waals surface area (Å²) in [5.74, 6) is -0.282. The standard InChI is InChI=1S/C22H25Cl3N2O4S/c1-6-32(29,30)16-11-12-17(18(13-16)31-5)26-20(22(23,24)25)27-19(28)14-7-9-15(10-8-14)21(2,3)4/h6-13,20,26H,1H2,2-5H3,(H,27,28)/t20-/m1/s1. The van der Waals surface area contributed by atoms with Crippen molar-refractivity contribution < 1.29 is 17.9 Å². The number of methoxy groups -OCH3 is 1.